The van der Waals surface area contributed by atoms with E-state index in [1.165, 1.54) is 25.3 Å². The van der Waals surface area contributed by atoms with Gasteiger partial charge in [0.15, 0.2) is 17.9 Å². The first-order valence-corrected chi connectivity index (χ1v) is 16.5. The van der Waals surface area contributed by atoms with E-state index in [-0.39, 0.29) is 54.2 Å². The summed E-state index contributed by atoms with van der Waals surface area (Å²) in [5.41, 5.74) is -3.96. The largest absolute Gasteiger partial charge is 0.507 e. The maximum atomic E-state index is 13.9. The van der Waals surface area contributed by atoms with Gasteiger partial charge in [-0.2, -0.15) is 0 Å². The number of methoxy groups -OCH3 is 1. The van der Waals surface area contributed by atoms with Crippen molar-refractivity contribution in [2.75, 3.05) is 33.5 Å². The standard InChI is InChI=1S/C35H41NO16/c1-15-30(41)20(36-8-9-48-14-25(50-16(2)38)51-17(3)39)10-24(49-15)52-22-12-35(46,23(40)13-37)11-19-27(22)34(45)29-28(32(19)43)31(42)18-6-5-7-21(47-4)26(18)33(29)44/h5-7,15,20,22,24-25,30,36-37,41,43,45-46H,8-14H2,1-4H3/t15-,20-,22?,24-,30+,35?/m0/s1. The molecule has 1 fully saturated rings. The van der Waals surface area contributed by atoms with Crippen LogP contribution in [0.25, 0.3) is 0 Å². The molecule has 1 saturated heterocycles. The molecule has 5 rings (SSSR count). The second kappa shape index (κ2) is 15.6. The van der Waals surface area contributed by atoms with Crippen molar-refractivity contribution in [1.82, 2.24) is 5.32 Å². The van der Waals surface area contributed by atoms with Crippen molar-refractivity contribution in [2.45, 2.75) is 82.6 Å². The highest BCUT2D eigenvalue weighted by atomic mass is 16.7. The van der Waals surface area contributed by atoms with E-state index in [0.717, 1.165) is 13.8 Å². The first-order chi connectivity index (χ1) is 24.6. The molecular weight excluding hydrogens is 690 g/mol. The van der Waals surface area contributed by atoms with E-state index in [1.807, 2.05) is 0 Å². The predicted molar refractivity (Wildman–Crippen MR) is 174 cm³/mol. The van der Waals surface area contributed by atoms with E-state index in [4.69, 9.17) is 28.4 Å². The number of nitrogens with one attached hydrogen (secondary N) is 1. The molecule has 0 saturated carbocycles. The van der Waals surface area contributed by atoms with Crippen molar-refractivity contribution in [3.05, 3.63) is 51.6 Å². The Labute approximate surface area is 297 Å². The summed E-state index contributed by atoms with van der Waals surface area (Å²) in [7, 11) is 1.31. The number of hydrogen-bond acceptors (Lipinski definition) is 17. The van der Waals surface area contributed by atoms with Crippen LogP contribution in [0.15, 0.2) is 18.2 Å². The van der Waals surface area contributed by atoms with Crippen LogP contribution in [0, 0.1) is 0 Å². The Hall–Kier alpha value is -4.49. The molecule has 2 aromatic carbocycles. The SMILES string of the molecule is COc1cccc2c1C(=O)c1c(O)c3c(c(O)c1C2=O)CC(O)(C(=O)CO)CC3O[C@H]1C[C@H](NCCOCC(OC(C)=O)OC(C)=O)[C@H](O)[C@H](C)O1. The Morgan fingerprint density at radius 1 is 1.04 bits per heavy atom. The number of Topliss-reactive ketones (excluding diaryl/α,β-unsaturated/α-hetero) is 1. The van der Waals surface area contributed by atoms with Crippen LogP contribution in [-0.2, 0) is 44.5 Å². The number of ether oxygens (including phenoxy) is 6. The molecule has 2 aromatic rings. The number of phenolic OH excluding ortho intramolecular Hbond substituents is 2. The number of phenols is 2. The van der Waals surface area contributed by atoms with Crippen molar-refractivity contribution in [2.24, 2.45) is 0 Å². The molecule has 6 atom stereocenters. The Balaban J connectivity index is 1.41. The average molecular weight is 732 g/mol. The first-order valence-electron chi connectivity index (χ1n) is 16.5. The van der Waals surface area contributed by atoms with Gasteiger partial charge < -0.3 is 59.3 Å². The lowest BCUT2D eigenvalue weighted by Gasteiger charge is -2.43. The topological polar surface area (TPSA) is 254 Å². The van der Waals surface area contributed by atoms with Crippen molar-refractivity contribution in [3.63, 3.8) is 0 Å². The van der Waals surface area contributed by atoms with Crippen LogP contribution < -0.4 is 10.1 Å². The molecule has 6 N–H and O–H groups in total. The fourth-order valence-corrected chi connectivity index (χ4v) is 6.88. The zero-order valence-electron chi connectivity index (χ0n) is 28.9. The van der Waals surface area contributed by atoms with Crippen molar-refractivity contribution in [3.8, 4) is 17.2 Å². The van der Waals surface area contributed by atoms with Gasteiger partial charge in [0, 0.05) is 62.4 Å². The second-order valence-corrected chi connectivity index (χ2v) is 12.8. The van der Waals surface area contributed by atoms with Gasteiger partial charge in [-0.25, -0.2) is 0 Å². The molecule has 2 aliphatic carbocycles. The zero-order chi connectivity index (χ0) is 38.1. The minimum absolute atomic E-state index is 0.0209. The molecule has 3 aliphatic rings. The zero-order valence-corrected chi connectivity index (χ0v) is 28.9. The van der Waals surface area contributed by atoms with Gasteiger partial charge in [-0.15, -0.1) is 0 Å². The van der Waals surface area contributed by atoms with Crippen LogP contribution in [-0.4, -0.2) is 125 Å². The number of fused-ring (bicyclic) bond motifs is 3. The summed E-state index contributed by atoms with van der Waals surface area (Å²) in [5.74, 6) is -5.37. The van der Waals surface area contributed by atoms with Crippen LogP contribution in [0.4, 0.5) is 0 Å². The van der Waals surface area contributed by atoms with Gasteiger partial charge in [-0.3, -0.25) is 24.0 Å². The van der Waals surface area contributed by atoms with Gasteiger partial charge in [0.2, 0.25) is 5.78 Å². The molecule has 1 heterocycles. The first kappa shape index (κ1) is 38.7. The summed E-state index contributed by atoms with van der Waals surface area (Å²) in [6.45, 7) is 2.75. The van der Waals surface area contributed by atoms with Crippen molar-refractivity contribution >= 4 is 29.3 Å². The third-order valence-corrected chi connectivity index (χ3v) is 9.26. The molecule has 52 heavy (non-hydrogen) atoms. The Kier molecular flexibility index (Phi) is 11.6. The van der Waals surface area contributed by atoms with Gasteiger partial charge in [-0.05, 0) is 13.0 Å². The van der Waals surface area contributed by atoms with Crippen LogP contribution in [0.2, 0.25) is 0 Å². The normalized spacial score (nSPS) is 25.2. The molecule has 0 radical (unpaired) electrons. The number of aromatic hydroxyl groups is 2. The van der Waals surface area contributed by atoms with Crippen LogP contribution in [0.5, 0.6) is 17.2 Å². The highest BCUT2D eigenvalue weighted by Gasteiger charge is 2.50. The van der Waals surface area contributed by atoms with Crippen LogP contribution in [0.3, 0.4) is 0 Å². The Morgan fingerprint density at radius 2 is 1.71 bits per heavy atom. The quantitative estimate of drug-likeness (QED) is 0.0590. The average Bonchev–Trinajstić information content (AvgIpc) is 3.08. The third kappa shape index (κ3) is 7.52. The van der Waals surface area contributed by atoms with Crippen LogP contribution >= 0.6 is 0 Å². The highest BCUT2D eigenvalue weighted by Crippen LogP contribution is 2.52. The fourth-order valence-electron chi connectivity index (χ4n) is 6.88. The summed E-state index contributed by atoms with van der Waals surface area (Å²) >= 11 is 0. The van der Waals surface area contributed by atoms with Gasteiger partial charge in [0.05, 0.1) is 48.7 Å². The summed E-state index contributed by atoms with van der Waals surface area (Å²) in [5, 5.41) is 58.4. The molecule has 2 unspecified atom stereocenters. The van der Waals surface area contributed by atoms with Crippen molar-refractivity contribution < 1.29 is 77.9 Å². The lowest BCUT2D eigenvalue weighted by Crippen LogP contribution is -2.55. The Bertz CT molecular complexity index is 1740. The number of benzene rings is 2. The second-order valence-electron chi connectivity index (χ2n) is 12.8. The van der Waals surface area contributed by atoms with Gasteiger partial charge in [0.1, 0.15) is 36.1 Å². The molecule has 17 heteroatoms. The number of aliphatic hydroxyl groups excluding tert-OH is 2. The Morgan fingerprint density at radius 3 is 2.35 bits per heavy atom. The lowest BCUT2D eigenvalue weighted by atomic mass is 9.72. The monoisotopic (exact) mass is 731 g/mol. The lowest BCUT2D eigenvalue weighted by molar-refractivity contribution is -0.250. The van der Waals surface area contributed by atoms with Gasteiger partial charge >= 0.3 is 11.9 Å². The van der Waals surface area contributed by atoms with E-state index in [9.17, 15) is 49.5 Å². The maximum absolute atomic E-state index is 13.9. The number of carbonyl (C=O) groups is 5. The number of rotatable bonds is 13. The molecule has 0 amide bonds. The van der Waals surface area contributed by atoms with Crippen molar-refractivity contribution in [1.29, 1.82) is 0 Å². The summed E-state index contributed by atoms with van der Waals surface area (Å²) < 4.78 is 32.7. The summed E-state index contributed by atoms with van der Waals surface area (Å²) in [4.78, 5) is 63.0. The molecule has 282 valence electrons. The number of esters is 2. The minimum Gasteiger partial charge on any atom is -0.507 e. The molecule has 0 bridgehead atoms. The molecule has 1 aliphatic heterocycles. The van der Waals surface area contributed by atoms with E-state index in [2.05, 4.69) is 5.32 Å². The molecular formula is C35H41NO16. The number of carbonyl (C=O) groups excluding carboxylic acids is 5. The van der Waals surface area contributed by atoms with E-state index in [0.29, 0.717) is 0 Å². The van der Waals surface area contributed by atoms with Crippen LogP contribution in [0.1, 0.15) is 82.7 Å². The van der Waals surface area contributed by atoms with E-state index in [1.54, 1.807) is 6.92 Å². The molecule has 17 nitrogen and oxygen atoms in total. The summed E-state index contributed by atoms with van der Waals surface area (Å²) in [6.07, 6.45) is -6.90. The smallest absolute Gasteiger partial charge is 0.305 e. The van der Waals surface area contributed by atoms with Gasteiger partial charge in [0.25, 0.3) is 6.29 Å². The maximum Gasteiger partial charge on any atom is 0.305 e. The fraction of sp³-hybridized carbons (Fsp3) is 0.514. The predicted octanol–water partition coefficient (Wildman–Crippen LogP) is 0.101. The third-order valence-electron chi connectivity index (χ3n) is 9.26. The highest BCUT2D eigenvalue weighted by molar-refractivity contribution is 6.31. The van der Waals surface area contributed by atoms with E-state index < -0.39 is 114 Å². The number of aliphatic hydroxyl groups is 3. The minimum atomic E-state index is -2.32. The number of ketones is 3. The molecule has 0 spiro atoms. The van der Waals surface area contributed by atoms with Gasteiger partial charge in [-0.1, -0.05) is 12.1 Å². The van der Waals surface area contributed by atoms with E-state index >= 15 is 0 Å². The molecule has 0 aromatic heterocycles. The number of hydrogen-bond donors (Lipinski definition) is 6. The summed E-state index contributed by atoms with van der Waals surface area (Å²) in [6, 6.07) is 3.64.